The smallest absolute Gasteiger partial charge is 0.251 e. The van der Waals surface area contributed by atoms with Crippen molar-refractivity contribution in [3.8, 4) is 5.75 Å². The summed E-state index contributed by atoms with van der Waals surface area (Å²) in [6.07, 6.45) is -1.04. The molecule has 1 aliphatic heterocycles. The van der Waals surface area contributed by atoms with Crippen molar-refractivity contribution < 1.29 is 23.8 Å². The number of carbonyl (C=O) groups is 2. The molecular weight excluding hydrogens is 337 g/mol. The van der Waals surface area contributed by atoms with Gasteiger partial charge < -0.3 is 15.2 Å². The van der Waals surface area contributed by atoms with Crippen molar-refractivity contribution in [1.29, 1.82) is 0 Å². The highest BCUT2D eigenvalue weighted by Gasteiger charge is 2.43. The number of amides is 1. The van der Waals surface area contributed by atoms with Gasteiger partial charge in [-0.15, -0.1) is 0 Å². The molecule has 2 aromatic carbocycles. The first-order valence-corrected chi connectivity index (χ1v) is 8.27. The van der Waals surface area contributed by atoms with Gasteiger partial charge in [-0.05, 0) is 63.2 Å². The molecule has 5 nitrogen and oxygen atoms in total. The van der Waals surface area contributed by atoms with Gasteiger partial charge in [-0.2, -0.15) is 0 Å². The van der Waals surface area contributed by atoms with Gasteiger partial charge in [0.25, 0.3) is 5.91 Å². The lowest BCUT2D eigenvalue weighted by Crippen LogP contribution is -2.53. The van der Waals surface area contributed by atoms with Crippen LogP contribution in [0.15, 0.2) is 42.5 Å². The predicted octanol–water partition coefficient (Wildman–Crippen LogP) is 3.03. The van der Waals surface area contributed by atoms with Crippen molar-refractivity contribution in [2.75, 3.05) is 0 Å². The number of Topliss-reactive ketones (excluding diaryl/α,β-unsaturated/α-hetero) is 1. The molecule has 0 saturated carbocycles. The highest BCUT2D eigenvalue weighted by atomic mass is 19.1. The molecule has 0 aliphatic carbocycles. The molecule has 3 rings (SSSR count). The van der Waals surface area contributed by atoms with Gasteiger partial charge >= 0.3 is 0 Å². The molecule has 2 N–H and O–H groups in total. The van der Waals surface area contributed by atoms with E-state index in [0.717, 1.165) is 0 Å². The van der Waals surface area contributed by atoms with E-state index >= 15 is 0 Å². The minimum atomic E-state index is -1.04. The summed E-state index contributed by atoms with van der Waals surface area (Å²) in [6, 6.07) is 9.28. The van der Waals surface area contributed by atoms with Gasteiger partial charge in [0, 0.05) is 16.7 Å². The number of fused-ring (bicyclic) bond motifs is 1. The summed E-state index contributed by atoms with van der Waals surface area (Å²) in [6.45, 7) is 4.88. The Morgan fingerprint density at radius 3 is 2.35 bits per heavy atom. The summed E-state index contributed by atoms with van der Waals surface area (Å²) in [4.78, 5) is 24.3. The van der Waals surface area contributed by atoms with Crippen LogP contribution in [0.5, 0.6) is 5.75 Å². The number of aliphatic hydroxyl groups excluding tert-OH is 1. The molecule has 136 valence electrons. The van der Waals surface area contributed by atoms with E-state index in [4.69, 9.17) is 4.74 Å². The fourth-order valence-electron chi connectivity index (χ4n) is 3.00. The molecule has 26 heavy (non-hydrogen) atoms. The number of hydrogen-bond donors (Lipinski definition) is 2. The van der Waals surface area contributed by atoms with Crippen LogP contribution in [-0.2, 0) is 0 Å². The first-order valence-electron chi connectivity index (χ1n) is 8.27. The molecule has 2 atom stereocenters. The van der Waals surface area contributed by atoms with Crippen molar-refractivity contribution in [2.45, 2.75) is 38.5 Å². The zero-order valence-corrected chi connectivity index (χ0v) is 14.7. The number of halogens is 1. The molecular formula is C20H20FNO4. The predicted molar refractivity (Wildman–Crippen MR) is 93.8 cm³/mol. The largest absolute Gasteiger partial charge is 0.485 e. The third-order valence-electron chi connectivity index (χ3n) is 4.55. The van der Waals surface area contributed by atoms with Crippen molar-refractivity contribution >= 4 is 11.7 Å². The van der Waals surface area contributed by atoms with Crippen LogP contribution < -0.4 is 10.1 Å². The first-order chi connectivity index (χ1) is 12.2. The van der Waals surface area contributed by atoms with Gasteiger partial charge in [0.15, 0.2) is 5.78 Å². The lowest BCUT2D eigenvalue weighted by Gasteiger charge is -2.42. The van der Waals surface area contributed by atoms with Crippen LogP contribution in [0.2, 0.25) is 0 Å². The summed E-state index contributed by atoms with van der Waals surface area (Å²) in [5, 5.41) is 13.5. The van der Waals surface area contributed by atoms with Crippen LogP contribution in [0, 0.1) is 5.82 Å². The van der Waals surface area contributed by atoms with Crippen molar-refractivity contribution in [2.24, 2.45) is 0 Å². The zero-order valence-electron chi connectivity index (χ0n) is 14.7. The second-order valence-electron chi connectivity index (χ2n) is 6.92. The summed E-state index contributed by atoms with van der Waals surface area (Å²) < 4.78 is 18.9. The highest BCUT2D eigenvalue weighted by Crippen LogP contribution is 2.40. The van der Waals surface area contributed by atoms with Crippen LogP contribution in [0.25, 0.3) is 0 Å². The van der Waals surface area contributed by atoms with E-state index in [-0.39, 0.29) is 11.3 Å². The summed E-state index contributed by atoms with van der Waals surface area (Å²) >= 11 is 0. The number of hydrogen-bond acceptors (Lipinski definition) is 4. The van der Waals surface area contributed by atoms with Gasteiger partial charge in [0.2, 0.25) is 0 Å². The Bertz CT molecular complexity index is 861. The first kappa shape index (κ1) is 18.1. The Labute approximate surface area is 150 Å². The molecule has 1 aliphatic rings. The number of rotatable bonds is 3. The lowest BCUT2D eigenvalue weighted by molar-refractivity contribution is -0.0627. The zero-order chi connectivity index (χ0) is 19.1. The molecule has 2 aromatic rings. The Morgan fingerprint density at radius 1 is 1.12 bits per heavy atom. The van der Waals surface area contributed by atoms with E-state index in [1.54, 1.807) is 32.0 Å². The fraction of sp³-hybridized carbons (Fsp3) is 0.300. The molecule has 0 aromatic heterocycles. The van der Waals surface area contributed by atoms with Gasteiger partial charge in [-0.1, -0.05) is 0 Å². The molecule has 0 unspecified atom stereocenters. The molecule has 0 fully saturated rings. The van der Waals surface area contributed by atoms with E-state index in [1.807, 2.05) is 0 Å². The molecule has 0 radical (unpaired) electrons. The molecule has 0 saturated heterocycles. The number of nitrogens with one attached hydrogen (secondary N) is 1. The Morgan fingerprint density at radius 2 is 1.73 bits per heavy atom. The van der Waals surface area contributed by atoms with Crippen molar-refractivity contribution in [3.05, 3.63) is 65.0 Å². The third-order valence-corrected chi connectivity index (χ3v) is 4.55. The van der Waals surface area contributed by atoms with Crippen molar-refractivity contribution in [3.63, 3.8) is 0 Å². The average Bonchev–Trinajstić information content (AvgIpc) is 2.58. The molecule has 0 bridgehead atoms. The Kier molecular flexibility index (Phi) is 4.54. The second kappa shape index (κ2) is 6.53. The summed E-state index contributed by atoms with van der Waals surface area (Å²) in [5.41, 5.74) is 0.318. The van der Waals surface area contributed by atoms with Crippen LogP contribution in [0.1, 0.15) is 53.1 Å². The van der Waals surface area contributed by atoms with Crippen LogP contribution >= 0.6 is 0 Å². The number of carbonyl (C=O) groups excluding carboxylic acids is 2. The third kappa shape index (κ3) is 3.32. The van der Waals surface area contributed by atoms with E-state index in [1.165, 1.54) is 31.2 Å². The normalized spacial score (nSPS) is 20.7. The maximum absolute atomic E-state index is 13.1. The topological polar surface area (TPSA) is 75.6 Å². The summed E-state index contributed by atoms with van der Waals surface area (Å²) in [5.74, 6) is -0.526. The Balaban J connectivity index is 1.99. The summed E-state index contributed by atoms with van der Waals surface area (Å²) in [7, 11) is 0. The van der Waals surface area contributed by atoms with Crippen molar-refractivity contribution in [1.82, 2.24) is 5.32 Å². The highest BCUT2D eigenvalue weighted by molar-refractivity contribution is 5.95. The number of ketones is 1. The molecule has 6 heteroatoms. The second-order valence-corrected chi connectivity index (χ2v) is 6.92. The number of aliphatic hydroxyl groups is 1. The number of ether oxygens (including phenoxy) is 1. The maximum Gasteiger partial charge on any atom is 0.251 e. The molecule has 0 spiro atoms. The lowest BCUT2D eigenvalue weighted by atomic mass is 9.85. The van der Waals surface area contributed by atoms with E-state index < -0.39 is 29.5 Å². The minimum Gasteiger partial charge on any atom is -0.485 e. The van der Waals surface area contributed by atoms with E-state index in [9.17, 15) is 19.1 Å². The standard InChI is InChI=1S/C20H20FNO4/c1-11(23)13-6-9-16-15(10-13)17(18(24)20(2,3)26-16)22-19(25)12-4-7-14(21)8-5-12/h4-10,17-18,24H,1-3H3,(H,22,25)/t17-,18+/m1/s1. The van der Waals surface area contributed by atoms with Gasteiger partial charge in [-0.25, -0.2) is 4.39 Å². The Hall–Kier alpha value is -2.73. The molecule has 1 amide bonds. The van der Waals surface area contributed by atoms with E-state index in [0.29, 0.717) is 16.9 Å². The van der Waals surface area contributed by atoms with Crippen LogP contribution in [0.3, 0.4) is 0 Å². The SMILES string of the molecule is CC(=O)c1ccc2c(c1)[C@@H](NC(=O)c1ccc(F)cc1)[C@H](O)C(C)(C)O2. The van der Waals surface area contributed by atoms with Crippen LogP contribution in [0.4, 0.5) is 4.39 Å². The quantitative estimate of drug-likeness (QED) is 0.828. The monoisotopic (exact) mass is 357 g/mol. The fourth-order valence-corrected chi connectivity index (χ4v) is 3.00. The average molecular weight is 357 g/mol. The van der Waals surface area contributed by atoms with Gasteiger partial charge in [0.05, 0.1) is 6.04 Å². The van der Waals surface area contributed by atoms with E-state index in [2.05, 4.69) is 5.32 Å². The minimum absolute atomic E-state index is 0.129. The van der Waals surface area contributed by atoms with Crippen LogP contribution in [-0.4, -0.2) is 28.5 Å². The van der Waals surface area contributed by atoms with Gasteiger partial charge in [-0.3, -0.25) is 9.59 Å². The number of benzene rings is 2. The van der Waals surface area contributed by atoms with Gasteiger partial charge in [0.1, 0.15) is 23.3 Å². The molecule has 1 heterocycles. The maximum atomic E-state index is 13.1.